The first kappa shape index (κ1) is 25.5. The number of nitrogens with zero attached hydrogens (tertiary/aromatic N) is 4. The van der Waals surface area contributed by atoms with Crippen LogP contribution in [0.25, 0.3) is 0 Å². The molecule has 1 N–H and O–H groups in total. The number of thiazole rings is 1. The van der Waals surface area contributed by atoms with Crippen molar-refractivity contribution in [2.24, 2.45) is 0 Å². The molecule has 186 valence electrons. The number of anilines is 2. The summed E-state index contributed by atoms with van der Waals surface area (Å²) in [6.45, 7) is 6.84. The molecule has 0 unspecified atom stereocenters. The van der Waals surface area contributed by atoms with Gasteiger partial charge in [0.1, 0.15) is 11.5 Å². The summed E-state index contributed by atoms with van der Waals surface area (Å²) in [6.07, 6.45) is 1.82. The van der Waals surface area contributed by atoms with Gasteiger partial charge in [0.15, 0.2) is 5.13 Å². The highest BCUT2D eigenvalue weighted by Crippen LogP contribution is 2.28. The molecule has 1 aliphatic heterocycles. The minimum atomic E-state index is -0.261. The van der Waals surface area contributed by atoms with Gasteiger partial charge in [-0.3, -0.25) is 9.59 Å². The van der Waals surface area contributed by atoms with Gasteiger partial charge >= 0.3 is 0 Å². The number of benzene rings is 1. The number of amides is 2. The summed E-state index contributed by atoms with van der Waals surface area (Å²) in [7, 11) is 0. The average Bonchev–Trinajstić information content (AvgIpc) is 3.56. The Morgan fingerprint density at radius 2 is 1.97 bits per heavy atom. The largest absolute Gasteiger partial charge is 0.467 e. The Hall–Kier alpha value is -2.59. The second kappa shape index (κ2) is 11.9. The topological polar surface area (TPSA) is 81.9 Å². The smallest absolute Gasteiger partial charge is 0.273 e. The molecule has 3 heterocycles. The third-order valence-corrected chi connectivity index (χ3v) is 7.37. The molecule has 3 aromatic rings. The molecule has 35 heavy (non-hydrogen) atoms. The highest BCUT2D eigenvalue weighted by molar-refractivity contribution is 7.14. The predicted molar refractivity (Wildman–Crippen MR) is 139 cm³/mol. The average molecular weight is 536 g/mol. The molecule has 0 aliphatic carbocycles. The fourth-order valence-electron chi connectivity index (χ4n) is 3.83. The van der Waals surface area contributed by atoms with E-state index in [0.717, 1.165) is 19.6 Å². The summed E-state index contributed by atoms with van der Waals surface area (Å²) < 4.78 is 5.45. The quantitative estimate of drug-likeness (QED) is 0.416. The minimum absolute atomic E-state index is 0.0539. The van der Waals surface area contributed by atoms with Crippen LogP contribution in [-0.2, 0) is 11.3 Å². The number of halogens is 2. The Labute approximate surface area is 218 Å². The zero-order valence-electron chi connectivity index (χ0n) is 19.4. The van der Waals surface area contributed by atoms with Crippen LogP contribution in [0.2, 0.25) is 10.0 Å². The maximum absolute atomic E-state index is 13.3. The molecule has 1 aliphatic rings. The van der Waals surface area contributed by atoms with Gasteiger partial charge in [-0.25, -0.2) is 4.98 Å². The molecule has 0 bridgehead atoms. The second-order valence-corrected chi connectivity index (χ2v) is 9.84. The summed E-state index contributed by atoms with van der Waals surface area (Å²) in [4.78, 5) is 36.4. The Morgan fingerprint density at radius 1 is 1.17 bits per heavy atom. The van der Waals surface area contributed by atoms with Gasteiger partial charge < -0.3 is 24.4 Å². The van der Waals surface area contributed by atoms with Crippen LogP contribution in [0.15, 0.2) is 46.4 Å². The summed E-state index contributed by atoms with van der Waals surface area (Å²) >= 11 is 13.4. The number of piperazine rings is 1. The van der Waals surface area contributed by atoms with Crippen LogP contribution in [0, 0.1) is 0 Å². The molecule has 1 saturated heterocycles. The number of furan rings is 1. The first-order valence-electron chi connectivity index (χ1n) is 11.4. The Bertz CT molecular complexity index is 1150. The fraction of sp³-hybridized carbons (Fsp3) is 0.375. The fourth-order valence-corrected chi connectivity index (χ4v) is 4.84. The van der Waals surface area contributed by atoms with Crippen molar-refractivity contribution >= 4 is 57.2 Å². The van der Waals surface area contributed by atoms with Gasteiger partial charge in [-0.05, 0) is 36.9 Å². The van der Waals surface area contributed by atoms with E-state index in [1.807, 2.05) is 11.0 Å². The van der Waals surface area contributed by atoms with E-state index in [2.05, 4.69) is 22.1 Å². The van der Waals surface area contributed by atoms with Gasteiger partial charge in [0.2, 0.25) is 5.91 Å². The van der Waals surface area contributed by atoms with Crippen LogP contribution in [0.1, 0.15) is 29.6 Å². The van der Waals surface area contributed by atoms with Gasteiger partial charge in [0, 0.05) is 50.2 Å². The molecule has 0 radical (unpaired) electrons. The summed E-state index contributed by atoms with van der Waals surface area (Å²) in [5.74, 6) is 0.438. The molecule has 2 amide bonds. The first-order chi connectivity index (χ1) is 16.9. The van der Waals surface area contributed by atoms with Gasteiger partial charge in [-0.15, -0.1) is 11.3 Å². The third kappa shape index (κ3) is 6.76. The van der Waals surface area contributed by atoms with Gasteiger partial charge in [0.25, 0.3) is 5.91 Å². The van der Waals surface area contributed by atoms with E-state index in [9.17, 15) is 9.59 Å². The first-order valence-corrected chi connectivity index (χ1v) is 13.1. The Kier molecular flexibility index (Phi) is 8.67. The number of carbonyl (C=O) groups is 2. The number of aromatic nitrogens is 1. The minimum Gasteiger partial charge on any atom is -0.467 e. The third-order valence-electron chi connectivity index (χ3n) is 5.88. The lowest BCUT2D eigenvalue weighted by Gasteiger charge is -2.34. The van der Waals surface area contributed by atoms with Crippen molar-refractivity contribution in [3.8, 4) is 0 Å². The van der Waals surface area contributed by atoms with E-state index < -0.39 is 0 Å². The standard InChI is InChI=1S/C24H27Cl2N5O3S/c1-2-29-9-11-30(12-10-29)22(32)7-8-31(15-18-4-3-13-34-18)23(33)21-16-35-24(28-21)27-17-5-6-19(25)20(26)14-17/h3-6,13-14,16H,2,7-12,15H2,1H3,(H,27,28). The van der Waals surface area contributed by atoms with Crippen molar-refractivity contribution in [3.05, 3.63) is 63.5 Å². The van der Waals surface area contributed by atoms with Crippen molar-refractivity contribution in [1.82, 2.24) is 19.7 Å². The lowest BCUT2D eigenvalue weighted by molar-refractivity contribution is -0.133. The Morgan fingerprint density at radius 3 is 2.66 bits per heavy atom. The molecular weight excluding hydrogens is 509 g/mol. The maximum Gasteiger partial charge on any atom is 0.273 e. The summed E-state index contributed by atoms with van der Waals surface area (Å²) in [6, 6.07) is 8.76. The number of hydrogen-bond acceptors (Lipinski definition) is 7. The molecule has 0 spiro atoms. The van der Waals surface area contributed by atoms with Gasteiger partial charge in [-0.1, -0.05) is 30.1 Å². The number of nitrogens with one attached hydrogen (secondary N) is 1. The highest BCUT2D eigenvalue weighted by Gasteiger charge is 2.24. The van der Waals surface area contributed by atoms with Crippen LogP contribution in [0.3, 0.4) is 0 Å². The molecule has 11 heteroatoms. The molecule has 0 saturated carbocycles. The lowest BCUT2D eigenvalue weighted by Crippen LogP contribution is -2.49. The van der Waals surface area contributed by atoms with E-state index in [0.29, 0.717) is 45.4 Å². The molecule has 1 aromatic carbocycles. The van der Waals surface area contributed by atoms with Crippen molar-refractivity contribution in [3.63, 3.8) is 0 Å². The zero-order valence-corrected chi connectivity index (χ0v) is 21.7. The molecular formula is C24H27Cl2N5O3S. The molecule has 2 aromatic heterocycles. The number of rotatable bonds is 9. The van der Waals surface area contributed by atoms with E-state index in [4.69, 9.17) is 27.6 Å². The lowest BCUT2D eigenvalue weighted by atomic mass is 10.2. The molecule has 1 fully saturated rings. The summed E-state index contributed by atoms with van der Waals surface area (Å²) in [5, 5.41) is 6.28. The Balaban J connectivity index is 1.41. The molecule has 8 nitrogen and oxygen atoms in total. The monoisotopic (exact) mass is 535 g/mol. The second-order valence-electron chi connectivity index (χ2n) is 8.16. The van der Waals surface area contributed by atoms with Crippen LogP contribution in [-0.4, -0.2) is 70.8 Å². The van der Waals surface area contributed by atoms with Gasteiger partial charge in [-0.2, -0.15) is 0 Å². The van der Waals surface area contributed by atoms with Crippen molar-refractivity contribution in [1.29, 1.82) is 0 Å². The molecule has 4 rings (SSSR count). The SMILES string of the molecule is CCN1CCN(C(=O)CCN(Cc2ccco2)C(=O)c2csc(Nc3ccc(Cl)c(Cl)c3)n2)CC1. The van der Waals surface area contributed by atoms with Crippen LogP contribution in [0.5, 0.6) is 0 Å². The van der Waals surface area contributed by atoms with Crippen LogP contribution in [0.4, 0.5) is 10.8 Å². The maximum atomic E-state index is 13.3. The van der Waals surface area contributed by atoms with E-state index >= 15 is 0 Å². The molecule has 0 atom stereocenters. The predicted octanol–water partition coefficient (Wildman–Crippen LogP) is 4.98. The normalized spacial score (nSPS) is 14.2. The van der Waals surface area contributed by atoms with E-state index in [1.54, 1.807) is 40.8 Å². The summed E-state index contributed by atoms with van der Waals surface area (Å²) in [5.41, 5.74) is 1.02. The highest BCUT2D eigenvalue weighted by atomic mass is 35.5. The zero-order chi connectivity index (χ0) is 24.8. The van der Waals surface area contributed by atoms with Crippen molar-refractivity contribution in [2.75, 3.05) is 44.6 Å². The van der Waals surface area contributed by atoms with E-state index in [1.165, 1.54) is 11.3 Å². The number of carbonyl (C=O) groups excluding carboxylic acids is 2. The van der Waals surface area contributed by atoms with Crippen LogP contribution >= 0.6 is 34.5 Å². The van der Waals surface area contributed by atoms with Crippen molar-refractivity contribution in [2.45, 2.75) is 19.9 Å². The van der Waals surface area contributed by atoms with Crippen LogP contribution < -0.4 is 5.32 Å². The van der Waals surface area contributed by atoms with E-state index in [-0.39, 0.29) is 31.3 Å². The van der Waals surface area contributed by atoms with Gasteiger partial charge in [0.05, 0.1) is 22.9 Å². The van der Waals surface area contributed by atoms with Crippen molar-refractivity contribution < 1.29 is 14.0 Å². The number of likely N-dealkylation sites (N-methyl/N-ethyl adjacent to an activating group) is 1. The number of hydrogen-bond donors (Lipinski definition) is 1.